The summed E-state index contributed by atoms with van der Waals surface area (Å²) in [6, 6.07) is 13.2. The fraction of sp³-hybridized carbons (Fsp3) is 0.400. The van der Waals surface area contributed by atoms with Crippen LogP contribution in [0.3, 0.4) is 0 Å². The molecular formula is C25H30N2O7. The van der Waals surface area contributed by atoms with Crippen LogP contribution in [-0.4, -0.2) is 66.2 Å². The van der Waals surface area contributed by atoms with Gasteiger partial charge < -0.3 is 30.3 Å². The molecule has 0 spiro atoms. The van der Waals surface area contributed by atoms with Crippen LogP contribution in [0.25, 0.3) is 11.1 Å². The maximum absolute atomic E-state index is 12.7. The van der Waals surface area contributed by atoms with Gasteiger partial charge in [-0.15, -0.1) is 0 Å². The molecule has 2 aromatic carbocycles. The second-order valence-corrected chi connectivity index (χ2v) is 8.77. The lowest BCUT2D eigenvalue weighted by Gasteiger charge is -2.29. The third-order valence-electron chi connectivity index (χ3n) is 6.00. The number of methoxy groups -OCH3 is 1. The average molecular weight is 471 g/mol. The number of carbonyl (C=O) groups excluding carboxylic acids is 2. The number of hydrogen-bond donors (Lipinski definition) is 4. The van der Waals surface area contributed by atoms with Gasteiger partial charge in [0, 0.05) is 19.4 Å². The van der Waals surface area contributed by atoms with Gasteiger partial charge in [-0.2, -0.15) is 0 Å². The van der Waals surface area contributed by atoms with Crippen molar-refractivity contribution in [2.24, 2.45) is 0 Å². The van der Waals surface area contributed by atoms with E-state index in [1.54, 1.807) is 13.8 Å². The Morgan fingerprint density at radius 2 is 1.53 bits per heavy atom. The summed E-state index contributed by atoms with van der Waals surface area (Å²) in [7, 11) is 1.47. The summed E-state index contributed by atoms with van der Waals surface area (Å²) in [5, 5.41) is 23.1. The molecule has 0 fully saturated rings. The minimum Gasteiger partial charge on any atom is -0.480 e. The Hall–Kier alpha value is -3.43. The van der Waals surface area contributed by atoms with Crippen molar-refractivity contribution < 1.29 is 34.1 Å². The smallest absolute Gasteiger partial charge is 0.407 e. The molecule has 0 radical (unpaired) electrons. The lowest BCUT2D eigenvalue weighted by Crippen LogP contribution is -2.54. The minimum absolute atomic E-state index is 0.0529. The van der Waals surface area contributed by atoms with Crippen molar-refractivity contribution in [3.05, 3.63) is 59.7 Å². The number of alkyl carbamates (subject to hydrolysis) is 1. The number of aliphatic hydroxyl groups is 1. The van der Waals surface area contributed by atoms with Crippen LogP contribution in [0.5, 0.6) is 0 Å². The first kappa shape index (κ1) is 25.2. The Kier molecular flexibility index (Phi) is 7.90. The van der Waals surface area contributed by atoms with E-state index >= 15 is 0 Å². The molecule has 0 aliphatic heterocycles. The first-order valence-corrected chi connectivity index (χ1v) is 11.0. The predicted octanol–water partition coefficient (Wildman–Crippen LogP) is 2.27. The van der Waals surface area contributed by atoms with Crippen molar-refractivity contribution in [1.82, 2.24) is 10.6 Å². The highest BCUT2D eigenvalue weighted by atomic mass is 16.5. The Labute approximate surface area is 198 Å². The van der Waals surface area contributed by atoms with Gasteiger partial charge in [0.05, 0.1) is 12.2 Å². The molecular weight excluding hydrogens is 440 g/mol. The number of fused-ring (bicyclic) bond motifs is 3. The van der Waals surface area contributed by atoms with E-state index in [1.807, 2.05) is 48.5 Å². The predicted molar refractivity (Wildman–Crippen MR) is 124 cm³/mol. The van der Waals surface area contributed by atoms with Gasteiger partial charge in [-0.1, -0.05) is 48.5 Å². The topological polar surface area (TPSA) is 134 Å². The van der Waals surface area contributed by atoms with E-state index in [2.05, 4.69) is 10.6 Å². The van der Waals surface area contributed by atoms with Gasteiger partial charge in [0.1, 0.15) is 18.7 Å². The Bertz CT molecular complexity index is 1010. The summed E-state index contributed by atoms with van der Waals surface area (Å²) < 4.78 is 10.9. The number of carbonyl (C=O) groups is 3. The van der Waals surface area contributed by atoms with E-state index in [4.69, 9.17) is 14.6 Å². The number of rotatable bonds is 10. The molecule has 0 heterocycles. The number of benzene rings is 2. The molecule has 0 saturated carbocycles. The molecule has 2 amide bonds. The maximum atomic E-state index is 12.7. The van der Waals surface area contributed by atoms with Crippen molar-refractivity contribution in [3.8, 4) is 11.1 Å². The van der Waals surface area contributed by atoms with E-state index in [9.17, 15) is 19.5 Å². The van der Waals surface area contributed by atoms with Gasteiger partial charge in [-0.25, -0.2) is 9.59 Å². The summed E-state index contributed by atoms with van der Waals surface area (Å²) in [5.74, 6) is -2.30. The Morgan fingerprint density at radius 1 is 0.971 bits per heavy atom. The molecule has 0 bridgehead atoms. The molecule has 9 heteroatoms. The highest BCUT2D eigenvalue weighted by Crippen LogP contribution is 2.44. The van der Waals surface area contributed by atoms with Gasteiger partial charge in [0.2, 0.25) is 5.91 Å². The van der Waals surface area contributed by atoms with Crippen LogP contribution in [0.4, 0.5) is 4.79 Å². The second-order valence-electron chi connectivity index (χ2n) is 8.77. The first-order chi connectivity index (χ1) is 16.2. The molecule has 2 atom stereocenters. The number of ether oxygens (including phenoxy) is 2. The summed E-state index contributed by atoms with van der Waals surface area (Å²) in [6.07, 6.45) is -0.762. The molecule has 1 unspecified atom stereocenters. The quantitative estimate of drug-likeness (QED) is 0.418. The standard InChI is InChI=1S/C25H30N2O7/c1-25(2,33-3)12-20(22(29)26-21(13-28)23(30)31)27-24(32)34-14-19-17-10-6-4-8-15(17)16-9-5-7-11-18(16)19/h4-11,19-21,28H,12-14H2,1-3H3,(H,26,29)(H,27,32)(H,30,31)/t20?,21-/m1/s1. The number of hydrogen-bond acceptors (Lipinski definition) is 6. The molecule has 0 aromatic heterocycles. The number of carboxylic acid groups (broad SMARTS) is 1. The summed E-state index contributed by atoms with van der Waals surface area (Å²) in [6.45, 7) is 2.74. The van der Waals surface area contributed by atoms with E-state index in [1.165, 1.54) is 7.11 Å². The normalized spacial score (nSPS) is 14.5. The first-order valence-electron chi connectivity index (χ1n) is 11.0. The SMILES string of the molecule is COC(C)(C)CC(NC(=O)OCC1c2ccccc2-c2ccccc21)C(=O)N[C@H](CO)C(=O)O. The van der Waals surface area contributed by atoms with Crippen molar-refractivity contribution in [2.45, 2.75) is 43.9 Å². The fourth-order valence-electron chi connectivity index (χ4n) is 4.02. The number of amides is 2. The van der Waals surface area contributed by atoms with Gasteiger partial charge in [0.25, 0.3) is 0 Å². The molecule has 4 N–H and O–H groups in total. The van der Waals surface area contributed by atoms with Crippen molar-refractivity contribution >= 4 is 18.0 Å². The third-order valence-corrected chi connectivity index (χ3v) is 6.00. The zero-order chi connectivity index (χ0) is 24.9. The summed E-state index contributed by atoms with van der Waals surface area (Å²) >= 11 is 0. The van der Waals surface area contributed by atoms with Crippen LogP contribution in [0.15, 0.2) is 48.5 Å². The van der Waals surface area contributed by atoms with Gasteiger partial charge in [-0.05, 0) is 36.1 Å². The lowest BCUT2D eigenvalue weighted by molar-refractivity contribution is -0.143. The second kappa shape index (κ2) is 10.7. The molecule has 1 aliphatic carbocycles. The molecule has 182 valence electrons. The number of aliphatic hydroxyl groups excluding tert-OH is 1. The molecule has 34 heavy (non-hydrogen) atoms. The fourth-order valence-corrected chi connectivity index (χ4v) is 4.02. The molecule has 3 rings (SSSR count). The largest absolute Gasteiger partial charge is 0.480 e. The Morgan fingerprint density at radius 3 is 2.03 bits per heavy atom. The van der Waals surface area contributed by atoms with E-state index in [0.717, 1.165) is 22.3 Å². The molecule has 1 aliphatic rings. The maximum Gasteiger partial charge on any atom is 0.407 e. The number of nitrogens with one attached hydrogen (secondary N) is 2. The van der Waals surface area contributed by atoms with E-state index in [0.29, 0.717) is 0 Å². The van der Waals surface area contributed by atoms with E-state index < -0.39 is 42.3 Å². The lowest BCUT2D eigenvalue weighted by atomic mass is 9.98. The highest BCUT2D eigenvalue weighted by Gasteiger charge is 2.33. The van der Waals surface area contributed by atoms with Gasteiger partial charge in [-0.3, -0.25) is 4.79 Å². The van der Waals surface area contributed by atoms with Crippen molar-refractivity contribution in [3.63, 3.8) is 0 Å². The van der Waals surface area contributed by atoms with E-state index in [-0.39, 0.29) is 18.9 Å². The minimum atomic E-state index is -1.50. The zero-order valence-corrected chi connectivity index (χ0v) is 19.4. The van der Waals surface area contributed by atoms with Crippen LogP contribution in [-0.2, 0) is 19.1 Å². The highest BCUT2D eigenvalue weighted by molar-refractivity contribution is 5.89. The molecule has 2 aromatic rings. The molecule has 9 nitrogen and oxygen atoms in total. The summed E-state index contributed by atoms with van der Waals surface area (Å²) in [5.41, 5.74) is 3.50. The van der Waals surface area contributed by atoms with Crippen LogP contribution < -0.4 is 10.6 Å². The molecule has 0 saturated heterocycles. The Balaban J connectivity index is 1.71. The van der Waals surface area contributed by atoms with Crippen LogP contribution in [0.1, 0.15) is 37.3 Å². The van der Waals surface area contributed by atoms with Gasteiger partial charge in [0.15, 0.2) is 0 Å². The van der Waals surface area contributed by atoms with Crippen LogP contribution >= 0.6 is 0 Å². The van der Waals surface area contributed by atoms with Crippen molar-refractivity contribution in [1.29, 1.82) is 0 Å². The van der Waals surface area contributed by atoms with Gasteiger partial charge >= 0.3 is 12.1 Å². The number of carboxylic acids is 1. The average Bonchev–Trinajstić information content (AvgIpc) is 3.14. The van der Waals surface area contributed by atoms with Crippen molar-refractivity contribution in [2.75, 3.05) is 20.3 Å². The zero-order valence-electron chi connectivity index (χ0n) is 19.4. The summed E-state index contributed by atoms with van der Waals surface area (Å²) in [4.78, 5) is 36.6. The van der Waals surface area contributed by atoms with Crippen LogP contribution in [0, 0.1) is 0 Å². The third kappa shape index (κ3) is 5.73. The van der Waals surface area contributed by atoms with Crippen LogP contribution in [0.2, 0.25) is 0 Å². The number of aliphatic carboxylic acids is 1. The monoisotopic (exact) mass is 470 g/mol.